The van der Waals surface area contributed by atoms with Crippen molar-refractivity contribution in [2.75, 3.05) is 6.61 Å². The smallest absolute Gasteiger partial charge is 0.422 e. The second-order valence-electron chi connectivity index (χ2n) is 4.61. The highest BCUT2D eigenvalue weighted by Crippen LogP contribution is 2.28. The van der Waals surface area contributed by atoms with E-state index in [0.717, 1.165) is 11.6 Å². The fraction of sp³-hybridized carbons (Fsp3) is 0.188. The van der Waals surface area contributed by atoms with Crippen molar-refractivity contribution < 1.29 is 27.4 Å². The van der Waals surface area contributed by atoms with E-state index in [4.69, 9.17) is 16.3 Å². The van der Waals surface area contributed by atoms with Crippen LogP contribution in [0.4, 0.5) is 13.2 Å². The van der Waals surface area contributed by atoms with Crippen molar-refractivity contribution in [1.29, 1.82) is 0 Å². The Bertz CT molecular complexity index is 672. The SMILES string of the molecule is O=C(Cl)c1cc(OCC(F)(F)F)ccc1OCc1ccccc1. The average molecular weight is 345 g/mol. The zero-order valence-corrected chi connectivity index (χ0v) is 12.5. The molecule has 0 saturated carbocycles. The molecule has 0 bridgehead atoms. The summed E-state index contributed by atoms with van der Waals surface area (Å²) in [6.07, 6.45) is -4.46. The normalized spacial score (nSPS) is 11.1. The van der Waals surface area contributed by atoms with Crippen molar-refractivity contribution in [3.05, 3.63) is 59.7 Å². The van der Waals surface area contributed by atoms with Gasteiger partial charge in [0, 0.05) is 0 Å². The van der Waals surface area contributed by atoms with Gasteiger partial charge >= 0.3 is 6.18 Å². The van der Waals surface area contributed by atoms with E-state index in [-0.39, 0.29) is 23.7 Å². The Morgan fingerprint density at radius 1 is 1.04 bits per heavy atom. The van der Waals surface area contributed by atoms with Gasteiger partial charge in [0.05, 0.1) is 5.56 Å². The van der Waals surface area contributed by atoms with Gasteiger partial charge in [-0.1, -0.05) is 30.3 Å². The Balaban J connectivity index is 2.11. The number of hydrogen-bond acceptors (Lipinski definition) is 3. The van der Waals surface area contributed by atoms with Gasteiger partial charge in [-0.05, 0) is 35.4 Å². The first-order chi connectivity index (χ1) is 10.8. The molecule has 0 spiro atoms. The number of carbonyl (C=O) groups is 1. The van der Waals surface area contributed by atoms with Crippen LogP contribution in [0.3, 0.4) is 0 Å². The number of carbonyl (C=O) groups excluding carboxylic acids is 1. The summed E-state index contributed by atoms with van der Waals surface area (Å²) in [6.45, 7) is -1.26. The lowest BCUT2D eigenvalue weighted by molar-refractivity contribution is -0.153. The molecule has 2 rings (SSSR count). The summed E-state index contributed by atoms with van der Waals surface area (Å²) in [4.78, 5) is 11.4. The molecular weight excluding hydrogens is 333 g/mol. The molecule has 7 heteroatoms. The minimum atomic E-state index is -4.46. The molecule has 0 aromatic heterocycles. The van der Waals surface area contributed by atoms with Crippen molar-refractivity contribution in [2.24, 2.45) is 0 Å². The van der Waals surface area contributed by atoms with Crippen LogP contribution in [-0.4, -0.2) is 18.0 Å². The van der Waals surface area contributed by atoms with E-state index in [9.17, 15) is 18.0 Å². The van der Waals surface area contributed by atoms with Crippen molar-refractivity contribution in [3.63, 3.8) is 0 Å². The number of hydrogen-bond donors (Lipinski definition) is 0. The van der Waals surface area contributed by atoms with Gasteiger partial charge in [-0.3, -0.25) is 4.79 Å². The van der Waals surface area contributed by atoms with Crippen molar-refractivity contribution >= 4 is 16.8 Å². The predicted octanol–water partition coefficient (Wildman–Crippen LogP) is 4.59. The molecule has 0 fully saturated rings. The van der Waals surface area contributed by atoms with Crippen LogP contribution in [0.25, 0.3) is 0 Å². The van der Waals surface area contributed by atoms with Gasteiger partial charge in [0.1, 0.15) is 18.1 Å². The number of ether oxygens (including phenoxy) is 2. The predicted molar refractivity (Wildman–Crippen MR) is 78.9 cm³/mol. The minimum Gasteiger partial charge on any atom is -0.488 e. The van der Waals surface area contributed by atoms with Crippen LogP contribution in [0.1, 0.15) is 15.9 Å². The Kier molecular flexibility index (Phi) is 5.50. The molecule has 2 aromatic carbocycles. The van der Waals surface area contributed by atoms with Gasteiger partial charge < -0.3 is 9.47 Å². The zero-order valence-electron chi connectivity index (χ0n) is 11.8. The lowest BCUT2D eigenvalue weighted by Gasteiger charge is -2.13. The fourth-order valence-electron chi connectivity index (χ4n) is 1.78. The van der Waals surface area contributed by atoms with Crippen molar-refractivity contribution in [1.82, 2.24) is 0 Å². The van der Waals surface area contributed by atoms with Crippen LogP contribution in [-0.2, 0) is 6.61 Å². The number of rotatable bonds is 6. The molecular formula is C16H12ClF3O3. The van der Waals surface area contributed by atoms with Crippen LogP contribution in [0.5, 0.6) is 11.5 Å². The summed E-state index contributed by atoms with van der Waals surface area (Å²) in [5.74, 6) is 0.0617. The molecule has 3 nitrogen and oxygen atoms in total. The first-order valence-electron chi connectivity index (χ1n) is 6.55. The van der Waals surface area contributed by atoms with Gasteiger partial charge in [-0.15, -0.1) is 0 Å². The van der Waals surface area contributed by atoms with Crippen LogP contribution in [0, 0.1) is 0 Å². The Hall–Kier alpha value is -2.21. The van der Waals surface area contributed by atoms with E-state index in [1.807, 2.05) is 30.3 Å². The molecule has 2 aromatic rings. The molecule has 23 heavy (non-hydrogen) atoms. The monoisotopic (exact) mass is 344 g/mol. The molecule has 0 N–H and O–H groups in total. The molecule has 0 saturated heterocycles. The number of benzene rings is 2. The van der Waals surface area contributed by atoms with Gasteiger partial charge in [-0.2, -0.15) is 13.2 Å². The van der Waals surface area contributed by atoms with Crippen LogP contribution >= 0.6 is 11.6 Å². The van der Waals surface area contributed by atoms with E-state index < -0.39 is 18.0 Å². The number of halogens is 4. The van der Waals surface area contributed by atoms with Gasteiger partial charge in [0.15, 0.2) is 6.61 Å². The molecule has 0 aliphatic heterocycles. The molecule has 0 unspecified atom stereocenters. The van der Waals surface area contributed by atoms with Crippen LogP contribution < -0.4 is 9.47 Å². The van der Waals surface area contributed by atoms with E-state index in [1.54, 1.807) is 0 Å². The largest absolute Gasteiger partial charge is 0.488 e. The third kappa shape index (κ3) is 5.49. The summed E-state index contributed by atoms with van der Waals surface area (Å²) < 4.78 is 46.5. The van der Waals surface area contributed by atoms with Crippen molar-refractivity contribution in [3.8, 4) is 11.5 Å². The highest BCUT2D eigenvalue weighted by atomic mass is 35.5. The summed E-state index contributed by atoms with van der Waals surface area (Å²) in [7, 11) is 0. The van der Waals surface area contributed by atoms with Crippen molar-refractivity contribution in [2.45, 2.75) is 12.8 Å². The highest BCUT2D eigenvalue weighted by Gasteiger charge is 2.28. The van der Waals surface area contributed by atoms with E-state index in [2.05, 4.69) is 4.74 Å². The molecule has 0 radical (unpaired) electrons. The van der Waals surface area contributed by atoms with E-state index >= 15 is 0 Å². The summed E-state index contributed by atoms with van der Waals surface area (Å²) in [5, 5.41) is -0.842. The molecule has 0 aliphatic rings. The number of alkyl halides is 3. The Morgan fingerprint density at radius 3 is 2.35 bits per heavy atom. The maximum atomic E-state index is 12.1. The standard InChI is InChI=1S/C16H12ClF3O3/c17-15(21)13-8-12(23-10-16(18,19)20)6-7-14(13)22-9-11-4-2-1-3-5-11/h1-8H,9-10H2. The first kappa shape index (κ1) is 17.1. The summed E-state index contributed by atoms with van der Waals surface area (Å²) in [6, 6.07) is 13.0. The van der Waals surface area contributed by atoms with E-state index in [1.165, 1.54) is 12.1 Å². The summed E-state index contributed by atoms with van der Waals surface area (Å²) >= 11 is 5.46. The molecule has 0 aliphatic carbocycles. The molecule has 122 valence electrons. The first-order valence-corrected chi connectivity index (χ1v) is 6.93. The Morgan fingerprint density at radius 2 is 1.74 bits per heavy atom. The fourth-order valence-corrected chi connectivity index (χ4v) is 1.93. The van der Waals surface area contributed by atoms with Crippen LogP contribution in [0.2, 0.25) is 0 Å². The topological polar surface area (TPSA) is 35.5 Å². The van der Waals surface area contributed by atoms with Gasteiger partial charge in [0.2, 0.25) is 0 Å². The second kappa shape index (κ2) is 7.37. The van der Waals surface area contributed by atoms with E-state index in [0.29, 0.717) is 0 Å². The van der Waals surface area contributed by atoms with Gasteiger partial charge in [-0.25, -0.2) is 0 Å². The third-order valence-corrected chi connectivity index (χ3v) is 3.01. The zero-order chi connectivity index (χ0) is 16.9. The average Bonchev–Trinajstić information content (AvgIpc) is 2.51. The third-order valence-electron chi connectivity index (χ3n) is 2.80. The lowest BCUT2D eigenvalue weighted by Crippen LogP contribution is -2.19. The molecule has 0 heterocycles. The second-order valence-corrected chi connectivity index (χ2v) is 4.95. The maximum absolute atomic E-state index is 12.1. The van der Waals surface area contributed by atoms with Gasteiger partial charge in [0.25, 0.3) is 5.24 Å². The molecule has 0 amide bonds. The maximum Gasteiger partial charge on any atom is 0.422 e. The Labute approximate surface area is 135 Å². The molecule has 0 atom stereocenters. The minimum absolute atomic E-state index is 0.0535. The highest BCUT2D eigenvalue weighted by molar-refractivity contribution is 6.68. The quantitative estimate of drug-likeness (QED) is 0.719. The lowest BCUT2D eigenvalue weighted by atomic mass is 10.2. The summed E-state index contributed by atoms with van der Waals surface area (Å²) in [5.41, 5.74) is 0.820. The van der Waals surface area contributed by atoms with Crippen LogP contribution in [0.15, 0.2) is 48.5 Å².